The van der Waals surface area contributed by atoms with Crippen LogP contribution in [0.15, 0.2) is 40.9 Å². The van der Waals surface area contributed by atoms with Gasteiger partial charge in [0.1, 0.15) is 11.6 Å². The van der Waals surface area contributed by atoms with Gasteiger partial charge < -0.3 is 5.32 Å². The summed E-state index contributed by atoms with van der Waals surface area (Å²) in [5.74, 6) is -1.63. The van der Waals surface area contributed by atoms with E-state index >= 15 is 0 Å². The van der Waals surface area contributed by atoms with E-state index < -0.39 is 17.5 Å². The Morgan fingerprint density at radius 2 is 2.00 bits per heavy atom. The van der Waals surface area contributed by atoms with Gasteiger partial charge in [-0.1, -0.05) is 6.07 Å². The fourth-order valence-corrected chi connectivity index (χ4v) is 2.13. The van der Waals surface area contributed by atoms with Gasteiger partial charge in [0.25, 0.3) is 5.91 Å². The average molecular weight is 351 g/mol. The predicted octanol–water partition coefficient (Wildman–Crippen LogP) is 3.53. The monoisotopic (exact) mass is 350 g/mol. The van der Waals surface area contributed by atoms with Crippen molar-refractivity contribution in [2.45, 2.75) is 6.54 Å². The van der Waals surface area contributed by atoms with Crippen molar-refractivity contribution < 1.29 is 13.6 Å². The highest BCUT2D eigenvalue weighted by molar-refractivity contribution is 9.10. The van der Waals surface area contributed by atoms with Crippen molar-refractivity contribution in [3.05, 3.63) is 69.2 Å². The Balaban J connectivity index is 2.11. The molecule has 0 unspecified atom stereocenters. The molecule has 1 N–H and O–H groups in total. The van der Waals surface area contributed by atoms with Gasteiger partial charge in [0.15, 0.2) is 0 Å². The minimum atomic E-state index is -0.576. The fourth-order valence-electron chi connectivity index (χ4n) is 1.70. The second kappa shape index (κ2) is 6.46. The van der Waals surface area contributed by atoms with Crippen LogP contribution in [0.4, 0.5) is 8.78 Å². The number of hydrogen-bond acceptors (Lipinski definition) is 2. The van der Waals surface area contributed by atoms with Crippen molar-refractivity contribution in [2.24, 2.45) is 0 Å². The summed E-state index contributed by atoms with van der Waals surface area (Å²) in [5, 5.41) is 11.2. The molecule has 2 rings (SSSR count). The normalized spacial score (nSPS) is 10.0. The quantitative estimate of drug-likeness (QED) is 0.920. The second-order valence-electron chi connectivity index (χ2n) is 4.22. The zero-order chi connectivity index (χ0) is 15.4. The second-order valence-corrected chi connectivity index (χ2v) is 5.08. The van der Waals surface area contributed by atoms with Crippen LogP contribution >= 0.6 is 15.9 Å². The van der Waals surface area contributed by atoms with E-state index in [2.05, 4.69) is 21.2 Å². The highest BCUT2D eigenvalue weighted by Gasteiger charge is 2.12. The number of amides is 1. The van der Waals surface area contributed by atoms with Crippen molar-refractivity contribution in [2.75, 3.05) is 0 Å². The molecule has 21 heavy (non-hydrogen) atoms. The molecule has 0 heterocycles. The number of carbonyl (C=O) groups is 1. The SMILES string of the molecule is N#Cc1ccc(CNC(=O)c2cc(F)ccc2Br)c(F)c1. The van der Waals surface area contributed by atoms with Gasteiger partial charge in [0.2, 0.25) is 0 Å². The van der Waals surface area contributed by atoms with Crippen LogP contribution in [0.2, 0.25) is 0 Å². The van der Waals surface area contributed by atoms with Gasteiger partial charge in [-0.15, -0.1) is 0 Å². The summed E-state index contributed by atoms with van der Waals surface area (Å²) in [6, 6.07) is 9.55. The van der Waals surface area contributed by atoms with Gasteiger partial charge in [-0.2, -0.15) is 5.26 Å². The number of nitrogens with one attached hydrogen (secondary N) is 1. The summed E-state index contributed by atoms with van der Waals surface area (Å²) in [6.07, 6.45) is 0. The maximum atomic E-state index is 13.7. The van der Waals surface area contributed by atoms with Crippen LogP contribution in [0.3, 0.4) is 0 Å². The third kappa shape index (κ3) is 3.64. The minimum Gasteiger partial charge on any atom is -0.348 e. The number of benzene rings is 2. The van der Waals surface area contributed by atoms with Gasteiger partial charge in [-0.3, -0.25) is 4.79 Å². The lowest BCUT2D eigenvalue weighted by Gasteiger charge is -2.08. The smallest absolute Gasteiger partial charge is 0.252 e. The molecule has 0 aliphatic heterocycles. The standard InChI is InChI=1S/C15H9BrF2N2O/c16-13-4-3-11(17)6-12(13)15(21)20-8-10-2-1-9(7-19)5-14(10)18/h1-6H,8H2,(H,20,21). The van der Waals surface area contributed by atoms with Crippen LogP contribution in [-0.2, 0) is 6.54 Å². The fraction of sp³-hybridized carbons (Fsp3) is 0.0667. The summed E-state index contributed by atoms with van der Waals surface area (Å²) in [4.78, 5) is 11.9. The Labute approximate surface area is 128 Å². The van der Waals surface area contributed by atoms with E-state index in [4.69, 9.17) is 5.26 Å². The molecule has 6 heteroatoms. The number of halogens is 3. The molecule has 0 saturated carbocycles. The van der Waals surface area contributed by atoms with Crippen molar-refractivity contribution in [1.82, 2.24) is 5.32 Å². The van der Waals surface area contributed by atoms with E-state index in [1.807, 2.05) is 6.07 Å². The van der Waals surface area contributed by atoms with Crippen LogP contribution in [0.5, 0.6) is 0 Å². The zero-order valence-electron chi connectivity index (χ0n) is 10.7. The lowest BCUT2D eigenvalue weighted by molar-refractivity contribution is 0.0949. The van der Waals surface area contributed by atoms with Gasteiger partial charge in [0.05, 0.1) is 17.2 Å². The minimum absolute atomic E-state index is 0.0562. The first-order chi connectivity index (χ1) is 10.0. The molecule has 1 amide bonds. The molecule has 2 aromatic carbocycles. The van der Waals surface area contributed by atoms with Crippen LogP contribution < -0.4 is 5.32 Å². The Kier molecular flexibility index (Phi) is 4.66. The molecular formula is C15H9BrF2N2O. The molecule has 0 spiro atoms. The predicted molar refractivity (Wildman–Crippen MR) is 76.4 cm³/mol. The molecule has 0 aromatic heterocycles. The molecular weight excluding hydrogens is 342 g/mol. The van der Waals surface area contributed by atoms with Crippen molar-refractivity contribution in [1.29, 1.82) is 5.26 Å². The first kappa shape index (κ1) is 15.1. The molecule has 0 radical (unpaired) electrons. The first-order valence-electron chi connectivity index (χ1n) is 5.93. The number of rotatable bonds is 3. The van der Waals surface area contributed by atoms with E-state index in [0.717, 1.165) is 12.1 Å². The molecule has 0 aliphatic rings. The molecule has 106 valence electrons. The highest BCUT2D eigenvalue weighted by atomic mass is 79.9. The van der Waals surface area contributed by atoms with Crippen molar-refractivity contribution in [3.8, 4) is 6.07 Å². The summed E-state index contributed by atoms with van der Waals surface area (Å²) >= 11 is 3.15. The molecule has 0 saturated heterocycles. The van der Waals surface area contributed by atoms with Crippen LogP contribution in [0.1, 0.15) is 21.5 Å². The van der Waals surface area contributed by atoms with E-state index in [-0.39, 0.29) is 23.2 Å². The Hall–Kier alpha value is -2.26. The molecule has 0 fully saturated rings. The third-order valence-corrected chi connectivity index (χ3v) is 3.49. The van der Waals surface area contributed by atoms with E-state index in [0.29, 0.717) is 4.47 Å². The summed E-state index contributed by atoms with van der Waals surface area (Å²) in [6.45, 7) is -0.0562. The number of carbonyl (C=O) groups excluding carboxylic acids is 1. The van der Waals surface area contributed by atoms with E-state index in [1.54, 1.807) is 0 Å². The topological polar surface area (TPSA) is 52.9 Å². The summed E-state index contributed by atoms with van der Waals surface area (Å²) in [7, 11) is 0. The molecule has 2 aromatic rings. The molecule has 0 aliphatic carbocycles. The average Bonchev–Trinajstić information content (AvgIpc) is 2.48. The largest absolute Gasteiger partial charge is 0.348 e. The van der Waals surface area contributed by atoms with Gasteiger partial charge in [-0.25, -0.2) is 8.78 Å². The van der Waals surface area contributed by atoms with Crippen molar-refractivity contribution >= 4 is 21.8 Å². The maximum Gasteiger partial charge on any atom is 0.252 e. The number of nitrogens with zero attached hydrogens (tertiary/aromatic N) is 1. The van der Waals surface area contributed by atoms with E-state index in [1.165, 1.54) is 24.3 Å². The van der Waals surface area contributed by atoms with Gasteiger partial charge in [-0.05, 0) is 46.3 Å². The van der Waals surface area contributed by atoms with Crippen LogP contribution in [-0.4, -0.2) is 5.91 Å². The molecule has 0 bridgehead atoms. The Morgan fingerprint density at radius 1 is 1.24 bits per heavy atom. The Bertz CT molecular complexity index is 741. The molecule has 0 atom stereocenters. The number of nitriles is 1. The van der Waals surface area contributed by atoms with Crippen LogP contribution in [0, 0.1) is 23.0 Å². The highest BCUT2D eigenvalue weighted by Crippen LogP contribution is 2.18. The summed E-state index contributed by atoms with van der Waals surface area (Å²) < 4.78 is 27.2. The number of hydrogen-bond donors (Lipinski definition) is 1. The Morgan fingerprint density at radius 3 is 2.67 bits per heavy atom. The van der Waals surface area contributed by atoms with E-state index in [9.17, 15) is 13.6 Å². The molecule has 3 nitrogen and oxygen atoms in total. The lowest BCUT2D eigenvalue weighted by Crippen LogP contribution is -2.23. The maximum absolute atomic E-state index is 13.7. The zero-order valence-corrected chi connectivity index (χ0v) is 12.2. The van der Waals surface area contributed by atoms with Gasteiger partial charge in [0, 0.05) is 16.6 Å². The third-order valence-electron chi connectivity index (χ3n) is 2.79. The summed E-state index contributed by atoms with van der Waals surface area (Å²) in [5.41, 5.74) is 0.578. The van der Waals surface area contributed by atoms with Crippen molar-refractivity contribution in [3.63, 3.8) is 0 Å². The van der Waals surface area contributed by atoms with Crippen LogP contribution in [0.25, 0.3) is 0 Å². The first-order valence-corrected chi connectivity index (χ1v) is 6.72. The van der Waals surface area contributed by atoms with Gasteiger partial charge >= 0.3 is 0 Å². The lowest BCUT2D eigenvalue weighted by atomic mass is 10.1.